The molecule has 2 aliphatic carbocycles. The molecule has 7 aromatic rings. The van der Waals surface area contributed by atoms with Crippen LogP contribution in [-0.4, -0.2) is 0 Å². The summed E-state index contributed by atoms with van der Waals surface area (Å²) in [4.78, 5) is 0. The molecule has 0 saturated carbocycles. The third-order valence-corrected chi connectivity index (χ3v) is 11.9. The highest BCUT2D eigenvalue weighted by Gasteiger charge is 2.47. The van der Waals surface area contributed by atoms with Crippen LogP contribution in [0.15, 0.2) is 266 Å². The summed E-state index contributed by atoms with van der Waals surface area (Å²) < 4.78 is 6.58. The maximum absolute atomic E-state index is 6.58. The van der Waals surface area contributed by atoms with Gasteiger partial charge >= 0.3 is 0 Å². The predicted molar refractivity (Wildman–Crippen MR) is 297 cm³/mol. The van der Waals surface area contributed by atoms with E-state index >= 15 is 0 Å². The Balaban J connectivity index is 0.000000348. The molecule has 6 N–H and O–H groups in total. The maximum atomic E-state index is 6.58. The minimum atomic E-state index is -0.702. The molecule has 3 aliphatic rings. The number of hydrazine groups is 1. The van der Waals surface area contributed by atoms with Crippen molar-refractivity contribution in [3.63, 3.8) is 0 Å². The van der Waals surface area contributed by atoms with Crippen LogP contribution < -0.4 is 22.2 Å². The topological polar surface area (TPSA) is 87.3 Å². The van der Waals surface area contributed by atoms with Gasteiger partial charge in [0.2, 0.25) is 0 Å². The molecule has 4 heteroatoms. The van der Waals surface area contributed by atoms with Crippen molar-refractivity contribution in [3.8, 4) is 22.6 Å². The number of nitrogens with two attached hydrogens (primary N) is 3. The second-order valence-electron chi connectivity index (χ2n) is 16.0. The predicted octanol–water partition coefficient (Wildman–Crippen LogP) is 15.9. The number of benzene rings is 7. The molecule has 4 nitrogen and oxygen atoms in total. The Kier molecular flexibility index (Phi) is 18.8. The first-order valence-electron chi connectivity index (χ1n) is 23.9. The fourth-order valence-corrected chi connectivity index (χ4v) is 8.88. The Morgan fingerprint density at radius 1 is 0.493 bits per heavy atom. The molecule has 10 rings (SSSR count). The Hall–Kier alpha value is -8.02. The number of anilines is 1. The second-order valence-corrected chi connectivity index (χ2v) is 16.0. The quantitative estimate of drug-likeness (QED) is 0.0933. The van der Waals surface area contributed by atoms with Crippen molar-refractivity contribution in [2.24, 2.45) is 11.7 Å². The molecule has 0 amide bonds. The number of fused-ring (bicyclic) bond motifs is 7. The molecule has 0 unspecified atom stereocenters. The van der Waals surface area contributed by atoms with Gasteiger partial charge in [-0.3, -0.25) is 11.7 Å². The van der Waals surface area contributed by atoms with Gasteiger partial charge in [-0.2, -0.15) is 0 Å². The van der Waals surface area contributed by atoms with E-state index in [1.54, 1.807) is 0 Å². The third-order valence-electron chi connectivity index (χ3n) is 11.9. The van der Waals surface area contributed by atoms with Crippen molar-refractivity contribution < 1.29 is 4.74 Å². The minimum Gasteiger partial charge on any atom is -0.457 e. The maximum Gasteiger partial charge on any atom is 0.132 e. The molecular weight excluding hydrogens is 839 g/mol. The Morgan fingerprint density at radius 3 is 1.68 bits per heavy atom. The lowest BCUT2D eigenvalue weighted by atomic mass is 9.61. The summed E-state index contributed by atoms with van der Waals surface area (Å²) in [6, 6.07) is 63.2. The van der Waals surface area contributed by atoms with Crippen LogP contribution in [0.2, 0.25) is 0 Å². The number of allylic oxidation sites excluding steroid dienone is 14. The van der Waals surface area contributed by atoms with Gasteiger partial charge in [0.1, 0.15) is 11.5 Å². The highest BCUT2D eigenvalue weighted by atomic mass is 16.5. The largest absolute Gasteiger partial charge is 0.457 e. The van der Waals surface area contributed by atoms with Gasteiger partial charge in [-0.1, -0.05) is 253 Å². The Labute approximate surface area is 411 Å². The second kappa shape index (κ2) is 25.8. The molecule has 0 saturated heterocycles. The first-order chi connectivity index (χ1) is 34.1. The van der Waals surface area contributed by atoms with E-state index in [4.69, 9.17) is 17.0 Å². The summed E-state index contributed by atoms with van der Waals surface area (Å²) in [6.45, 7) is 12.8. The summed E-state index contributed by atoms with van der Waals surface area (Å²) in [5.74, 6) is 9.68. The molecule has 346 valence electrons. The number of nitrogen functional groups attached to an aromatic ring is 1. The molecule has 7 aromatic carbocycles. The standard InChI is InChI=1S/C48H37NO.C13H12.2C2H6.H4N2/c1-34-29-30-36-17-5-6-18-37(36)32-41-19-4-2-3-15-35(38-20-13-21-39(31-38)40-22-14-23-42(49)33-40)16-7-8-24-43(41)48(34)44-25-9-11-27-46(44)50-47-28-12-10-26-45(47)48;1-3-7-12(8-4-1)11-13-9-5-2-6-10-13;3*1-2/h2-31,33H,1,32,49H2;1-10H,11H2;2*1-2H3;1-2H2/b3-2?,4-2+,8-7+,15-3-,16-7?,19-4?,24-8?,30-29-,35-15?,35-16+,41-19-,43-24+,43-41?;;;;. The molecule has 0 aromatic heterocycles. The first kappa shape index (κ1) is 50.4. The molecule has 1 heterocycles. The number of hydrogen-bond donors (Lipinski definition) is 3. The van der Waals surface area contributed by atoms with Crippen LogP contribution in [0.3, 0.4) is 0 Å². The summed E-state index contributed by atoms with van der Waals surface area (Å²) in [5, 5.41) is 0. The number of para-hydroxylation sites is 2. The monoisotopic (exact) mass is 904 g/mol. The average Bonchev–Trinajstić information content (AvgIpc) is 3.45. The zero-order valence-electron chi connectivity index (χ0n) is 40.4. The molecule has 1 spiro atoms. The van der Waals surface area contributed by atoms with Gasteiger partial charge in [-0.25, -0.2) is 0 Å². The van der Waals surface area contributed by atoms with Crippen molar-refractivity contribution in [2.75, 3.05) is 5.73 Å². The third kappa shape index (κ3) is 12.1. The summed E-state index contributed by atoms with van der Waals surface area (Å²) in [5.41, 5.74) is 21.3. The van der Waals surface area contributed by atoms with Gasteiger partial charge in [0.15, 0.2) is 0 Å². The van der Waals surface area contributed by atoms with E-state index in [-0.39, 0.29) is 0 Å². The molecule has 69 heavy (non-hydrogen) atoms. The van der Waals surface area contributed by atoms with E-state index in [1.807, 2.05) is 58.0 Å². The lowest BCUT2D eigenvalue weighted by Crippen LogP contribution is -2.36. The molecular formula is C65H65N3O. The first-order valence-corrected chi connectivity index (χ1v) is 23.9. The minimum absolute atomic E-state index is 0.702. The highest BCUT2D eigenvalue weighted by Crippen LogP contribution is 2.57. The zero-order chi connectivity index (χ0) is 48.9. The van der Waals surface area contributed by atoms with Crippen LogP contribution in [0.1, 0.15) is 66.6 Å². The molecule has 0 fully saturated rings. The van der Waals surface area contributed by atoms with E-state index in [9.17, 15) is 0 Å². The lowest BCUT2D eigenvalue weighted by Gasteiger charge is -2.43. The van der Waals surface area contributed by atoms with E-state index in [2.05, 4.69) is 230 Å². The lowest BCUT2D eigenvalue weighted by molar-refractivity contribution is 0.433. The van der Waals surface area contributed by atoms with E-state index in [1.165, 1.54) is 27.8 Å². The van der Waals surface area contributed by atoms with Crippen molar-refractivity contribution in [3.05, 3.63) is 305 Å². The average molecular weight is 904 g/mol. The highest BCUT2D eigenvalue weighted by molar-refractivity contribution is 5.80. The van der Waals surface area contributed by atoms with Crippen molar-refractivity contribution in [1.82, 2.24) is 0 Å². The smallest absolute Gasteiger partial charge is 0.132 e. The molecule has 1 aliphatic heterocycles. The fraction of sp³-hybridized carbons (Fsp3) is 0.108. The van der Waals surface area contributed by atoms with Crippen LogP contribution in [0.5, 0.6) is 11.5 Å². The van der Waals surface area contributed by atoms with Gasteiger partial charge in [0, 0.05) is 16.8 Å². The van der Waals surface area contributed by atoms with Crippen molar-refractivity contribution in [2.45, 2.75) is 46.0 Å². The molecule has 0 atom stereocenters. The summed E-state index contributed by atoms with van der Waals surface area (Å²) in [7, 11) is 0. The summed E-state index contributed by atoms with van der Waals surface area (Å²) in [6.07, 6.45) is 25.8. The zero-order valence-corrected chi connectivity index (χ0v) is 40.4. The SMILES string of the molecule is C=C1/C=C\c2ccccc2CC2=C/C=C/C=C\C(c3cccc(-c4cccc(N)c4)c3)=C/C=C/C=C\2C12c1ccccc1Oc1ccccc12.CC.CC.NN.c1ccc(Cc2ccccc2)cc1. The fourth-order valence-electron chi connectivity index (χ4n) is 8.88. The van der Waals surface area contributed by atoms with E-state index in [0.29, 0.717) is 0 Å². The number of ether oxygens (including phenoxy) is 1. The Bertz CT molecular complexity index is 2920. The van der Waals surface area contributed by atoms with Gasteiger partial charge in [0.25, 0.3) is 0 Å². The summed E-state index contributed by atoms with van der Waals surface area (Å²) >= 11 is 0. The van der Waals surface area contributed by atoms with Gasteiger partial charge in [-0.15, -0.1) is 0 Å². The van der Waals surface area contributed by atoms with Crippen molar-refractivity contribution in [1.29, 1.82) is 0 Å². The number of hydrogen-bond acceptors (Lipinski definition) is 4. The number of rotatable bonds is 4. The van der Waals surface area contributed by atoms with Gasteiger partial charge in [-0.05, 0) is 104 Å². The molecule has 0 bridgehead atoms. The van der Waals surface area contributed by atoms with Gasteiger partial charge < -0.3 is 10.5 Å². The molecule has 0 radical (unpaired) electrons. The van der Waals surface area contributed by atoms with Gasteiger partial charge in [0.05, 0.1) is 5.41 Å². The van der Waals surface area contributed by atoms with Crippen LogP contribution in [0, 0.1) is 0 Å². The van der Waals surface area contributed by atoms with Crippen LogP contribution in [-0.2, 0) is 18.3 Å². The van der Waals surface area contributed by atoms with E-state index < -0.39 is 5.41 Å². The normalized spacial score (nSPS) is 17.8. The van der Waals surface area contributed by atoms with Crippen LogP contribution in [0.25, 0.3) is 22.8 Å². The van der Waals surface area contributed by atoms with Crippen molar-refractivity contribution >= 4 is 17.3 Å². The van der Waals surface area contributed by atoms with Crippen LogP contribution in [0.4, 0.5) is 5.69 Å². The Morgan fingerprint density at radius 2 is 1.03 bits per heavy atom. The van der Waals surface area contributed by atoms with E-state index in [0.717, 1.165) is 74.6 Å². The van der Waals surface area contributed by atoms with Crippen LogP contribution >= 0.6 is 0 Å².